The number of unbranched alkanes of at least 4 members (excludes halogenated alkanes) is 3. The molecule has 5 rings (SSSR count). The minimum Gasteiger partial charge on any atom is -0.340 e. The second-order valence-corrected chi connectivity index (χ2v) is 11.2. The molecule has 4 aromatic carbocycles. The Morgan fingerprint density at radius 3 is 1.54 bits per heavy atom. The Morgan fingerprint density at radius 2 is 1.09 bits per heavy atom. The molecule has 0 fully saturated rings. The van der Waals surface area contributed by atoms with Crippen molar-refractivity contribution in [1.29, 1.82) is 0 Å². The number of benzene rings is 4. The Hall–Kier alpha value is -2.36. The molecule has 178 valence electrons. The zero-order valence-electron chi connectivity index (χ0n) is 20.2. The maximum atomic E-state index is 3.91. The van der Waals surface area contributed by atoms with Gasteiger partial charge in [-0.3, -0.25) is 0 Å². The molecule has 0 unspecified atom stereocenters. The summed E-state index contributed by atoms with van der Waals surface area (Å²) in [6.07, 6.45) is 6.89. The van der Waals surface area contributed by atoms with E-state index in [1.807, 2.05) is 0 Å². The molecular formula is C32H31Br2N. The van der Waals surface area contributed by atoms with Crippen molar-refractivity contribution in [2.45, 2.75) is 52.0 Å². The Balaban J connectivity index is 1.63. The quantitative estimate of drug-likeness (QED) is 0.151. The first-order valence-corrected chi connectivity index (χ1v) is 14.2. The van der Waals surface area contributed by atoms with Crippen LogP contribution < -0.4 is 0 Å². The van der Waals surface area contributed by atoms with Crippen LogP contribution in [0.25, 0.3) is 21.8 Å². The van der Waals surface area contributed by atoms with Crippen molar-refractivity contribution < 1.29 is 0 Å². The Bertz CT molecular complexity index is 1330. The second kappa shape index (κ2) is 11.1. The summed E-state index contributed by atoms with van der Waals surface area (Å²) < 4.78 is 4.92. The third kappa shape index (κ3) is 5.42. The number of hydrogen-bond acceptors (Lipinski definition) is 0. The first-order chi connectivity index (χ1) is 17.1. The predicted octanol–water partition coefficient (Wildman–Crippen LogP) is 10.1. The van der Waals surface area contributed by atoms with Gasteiger partial charge in [-0.15, -0.1) is 0 Å². The average Bonchev–Trinajstić information content (AvgIpc) is 3.15. The zero-order valence-corrected chi connectivity index (χ0v) is 23.4. The van der Waals surface area contributed by atoms with Gasteiger partial charge in [0.05, 0.1) is 11.0 Å². The smallest absolute Gasteiger partial charge is 0.0502 e. The number of nitrogens with zero attached hydrogens (tertiary/aromatic N) is 1. The Kier molecular flexibility index (Phi) is 7.75. The molecule has 1 nitrogen and oxygen atoms in total. The number of rotatable bonds is 9. The summed E-state index contributed by atoms with van der Waals surface area (Å²) in [6, 6.07) is 31.0. The van der Waals surface area contributed by atoms with E-state index in [2.05, 4.69) is 128 Å². The highest BCUT2D eigenvalue weighted by Gasteiger charge is 2.16. The maximum absolute atomic E-state index is 3.91. The van der Waals surface area contributed by atoms with E-state index in [9.17, 15) is 0 Å². The maximum Gasteiger partial charge on any atom is 0.0502 e. The van der Waals surface area contributed by atoms with E-state index in [-0.39, 0.29) is 0 Å². The van der Waals surface area contributed by atoms with Gasteiger partial charge in [0.1, 0.15) is 0 Å². The van der Waals surface area contributed by atoms with Gasteiger partial charge in [0.15, 0.2) is 0 Å². The van der Waals surface area contributed by atoms with Gasteiger partial charge in [0.2, 0.25) is 0 Å². The van der Waals surface area contributed by atoms with Crippen molar-refractivity contribution in [3.05, 3.63) is 116 Å². The first kappa shape index (κ1) is 24.3. The van der Waals surface area contributed by atoms with Crippen LogP contribution in [0.15, 0.2) is 93.9 Å². The fourth-order valence-electron chi connectivity index (χ4n) is 5.06. The highest BCUT2D eigenvalue weighted by Crippen LogP contribution is 2.37. The summed E-state index contributed by atoms with van der Waals surface area (Å²) in [5, 5.41) is 2.71. The molecule has 35 heavy (non-hydrogen) atoms. The van der Waals surface area contributed by atoms with E-state index < -0.39 is 0 Å². The van der Waals surface area contributed by atoms with Crippen LogP contribution >= 0.6 is 31.9 Å². The summed E-state index contributed by atoms with van der Waals surface area (Å²) in [6.45, 7) is 3.33. The topological polar surface area (TPSA) is 4.93 Å². The minimum absolute atomic E-state index is 0.925. The lowest BCUT2D eigenvalue weighted by atomic mass is 10.0. The SMILES string of the molecule is CCCCCCn1c2cc(Br)c(Cc3ccccc3)cc2c2cc(Cc3ccccc3)c(Br)cc21. The predicted molar refractivity (Wildman–Crippen MR) is 157 cm³/mol. The van der Waals surface area contributed by atoms with Crippen molar-refractivity contribution >= 4 is 53.7 Å². The lowest BCUT2D eigenvalue weighted by Crippen LogP contribution is -1.99. The van der Waals surface area contributed by atoms with Crippen LogP contribution in [0, 0.1) is 0 Å². The molecule has 0 aliphatic carbocycles. The molecule has 0 spiro atoms. The number of aromatic nitrogens is 1. The number of halogens is 2. The largest absolute Gasteiger partial charge is 0.340 e. The Labute approximate surface area is 225 Å². The van der Waals surface area contributed by atoms with E-state index >= 15 is 0 Å². The van der Waals surface area contributed by atoms with E-state index in [1.54, 1.807) is 0 Å². The molecule has 5 aromatic rings. The molecule has 3 heteroatoms. The summed E-state index contributed by atoms with van der Waals surface area (Å²) in [7, 11) is 0. The molecule has 0 atom stereocenters. The third-order valence-corrected chi connectivity index (χ3v) is 8.39. The van der Waals surface area contributed by atoms with Gasteiger partial charge in [-0.2, -0.15) is 0 Å². The van der Waals surface area contributed by atoms with Gasteiger partial charge in [0, 0.05) is 26.3 Å². The molecule has 0 saturated carbocycles. The van der Waals surface area contributed by atoms with Crippen LogP contribution in [0.4, 0.5) is 0 Å². The standard InChI is InChI=1S/C32H31Br2N/c1-2-3-4-11-16-35-31-21-29(33)25(17-23-12-7-5-8-13-23)19-27(31)28-20-26(30(34)22-32(28)35)18-24-14-9-6-10-15-24/h5-10,12-15,19-22H,2-4,11,16-18H2,1H3. The molecular weight excluding hydrogens is 558 g/mol. The highest BCUT2D eigenvalue weighted by atomic mass is 79.9. The molecule has 1 aromatic heterocycles. The van der Waals surface area contributed by atoms with Crippen LogP contribution in [-0.2, 0) is 19.4 Å². The van der Waals surface area contributed by atoms with Crippen LogP contribution in [-0.4, -0.2) is 4.57 Å². The minimum atomic E-state index is 0.925. The molecule has 0 bridgehead atoms. The van der Waals surface area contributed by atoms with Gasteiger partial charge in [-0.25, -0.2) is 0 Å². The van der Waals surface area contributed by atoms with E-state index in [0.29, 0.717) is 0 Å². The Morgan fingerprint density at radius 1 is 0.600 bits per heavy atom. The normalized spacial score (nSPS) is 11.5. The summed E-state index contributed by atoms with van der Waals surface area (Å²) in [5.41, 5.74) is 7.99. The monoisotopic (exact) mass is 587 g/mol. The third-order valence-electron chi connectivity index (χ3n) is 6.91. The first-order valence-electron chi connectivity index (χ1n) is 12.6. The summed E-state index contributed by atoms with van der Waals surface area (Å²) in [5.74, 6) is 0. The molecule has 0 radical (unpaired) electrons. The van der Waals surface area contributed by atoms with E-state index in [0.717, 1.165) is 19.4 Å². The number of hydrogen-bond donors (Lipinski definition) is 0. The zero-order chi connectivity index (χ0) is 24.2. The van der Waals surface area contributed by atoms with Crippen LogP contribution in [0.3, 0.4) is 0 Å². The molecule has 0 saturated heterocycles. The van der Waals surface area contributed by atoms with Crippen LogP contribution in [0.2, 0.25) is 0 Å². The lowest BCUT2D eigenvalue weighted by molar-refractivity contribution is 0.602. The van der Waals surface area contributed by atoms with Gasteiger partial charge in [0.25, 0.3) is 0 Å². The van der Waals surface area contributed by atoms with Gasteiger partial charge in [-0.05, 0) is 65.8 Å². The molecule has 1 heterocycles. The van der Waals surface area contributed by atoms with Crippen LogP contribution in [0.1, 0.15) is 54.9 Å². The number of aryl methyl sites for hydroxylation is 1. The summed E-state index contributed by atoms with van der Waals surface area (Å²) in [4.78, 5) is 0. The average molecular weight is 589 g/mol. The van der Waals surface area contributed by atoms with Crippen molar-refractivity contribution in [2.75, 3.05) is 0 Å². The molecule has 0 aliphatic heterocycles. The fraction of sp³-hybridized carbons (Fsp3) is 0.250. The van der Waals surface area contributed by atoms with Crippen molar-refractivity contribution in [3.8, 4) is 0 Å². The van der Waals surface area contributed by atoms with Gasteiger partial charge < -0.3 is 4.57 Å². The lowest BCUT2D eigenvalue weighted by Gasteiger charge is -2.10. The molecule has 0 amide bonds. The van der Waals surface area contributed by atoms with Crippen molar-refractivity contribution in [1.82, 2.24) is 4.57 Å². The van der Waals surface area contributed by atoms with Crippen molar-refractivity contribution in [3.63, 3.8) is 0 Å². The van der Waals surface area contributed by atoms with E-state index in [1.165, 1.54) is 78.7 Å². The van der Waals surface area contributed by atoms with Gasteiger partial charge >= 0.3 is 0 Å². The fourth-order valence-corrected chi connectivity index (χ4v) is 6.01. The number of fused-ring (bicyclic) bond motifs is 3. The molecule has 0 aliphatic rings. The highest BCUT2D eigenvalue weighted by molar-refractivity contribution is 9.10. The summed E-state index contributed by atoms with van der Waals surface area (Å²) >= 11 is 7.82. The van der Waals surface area contributed by atoms with Crippen LogP contribution in [0.5, 0.6) is 0 Å². The van der Waals surface area contributed by atoms with Crippen molar-refractivity contribution in [2.24, 2.45) is 0 Å². The molecule has 0 N–H and O–H groups in total. The van der Waals surface area contributed by atoms with Gasteiger partial charge in [-0.1, -0.05) is 119 Å². The van der Waals surface area contributed by atoms with E-state index in [4.69, 9.17) is 0 Å². The second-order valence-electron chi connectivity index (χ2n) is 9.46.